The Morgan fingerprint density at radius 1 is 0.449 bits per heavy atom. The van der Waals surface area contributed by atoms with Crippen molar-refractivity contribution in [2.45, 2.75) is 490 Å². The summed E-state index contributed by atoms with van der Waals surface area (Å²) in [4.78, 5) is 38.8. The number of hydrogen-bond donors (Lipinski definition) is 14. The Bertz CT molecular complexity index is 2120. The highest BCUT2D eigenvalue weighted by atomic mass is 16.8. The number of aliphatic hydroxyl groups is 11. The summed E-state index contributed by atoms with van der Waals surface area (Å²) in [6.45, 7) is 2.28. The summed E-state index contributed by atoms with van der Waals surface area (Å²) in [5.74, 6) is -6.08. The topological polar surface area (TPSA) is 373 Å². The van der Waals surface area contributed by atoms with E-state index < -0.39 is 148 Å². The molecule has 2 amide bonds. The van der Waals surface area contributed by atoms with Gasteiger partial charge in [-0.05, 0) is 12.8 Å². The van der Waals surface area contributed by atoms with Crippen molar-refractivity contribution in [1.82, 2.24) is 10.6 Å². The van der Waals surface area contributed by atoms with Gasteiger partial charge >= 0.3 is 5.97 Å². The zero-order chi connectivity index (χ0) is 78.1. The van der Waals surface area contributed by atoms with E-state index >= 15 is 0 Å². The third-order valence-corrected chi connectivity index (χ3v) is 22.6. The summed E-state index contributed by atoms with van der Waals surface area (Å²) in [6, 6.07) is -2.53. The van der Waals surface area contributed by atoms with Gasteiger partial charge < -0.3 is 100 Å². The lowest BCUT2D eigenvalue weighted by atomic mass is 9.88. The molecular weight excluding hydrogens is 1370 g/mol. The molecule has 3 fully saturated rings. The molecule has 0 radical (unpaired) electrons. The van der Waals surface area contributed by atoms with Gasteiger partial charge in [0.05, 0.1) is 50.7 Å². The third-order valence-electron chi connectivity index (χ3n) is 22.6. The van der Waals surface area contributed by atoms with Crippen molar-refractivity contribution >= 4 is 17.8 Å². The van der Waals surface area contributed by atoms with Crippen LogP contribution < -0.4 is 10.6 Å². The number of hydrogen-bond acceptors (Lipinski definition) is 20. The predicted molar refractivity (Wildman–Crippen MR) is 417 cm³/mol. The van der Waals surface area contributed by atoms with E-state index in [9.17, 15) is 75.7 Å². The van der Waals surface area contributed by atoms with Crippen LogP contribution >= 0.6 is 0 Å². The zero-order valence-electron chi connectivity index (χ0n) is 67.3. The van der Waals surface area contributed by atoms with Crippen molar-refractivity contribution in [3.05, 3.63) is 0 Å². The molecule has 0 saturated carbocycles. The lowest BCUT2D eigenvalue weighted by Gasteiger charge is -2.50. The summed E-state index contributed by atoms with van der Waals surface area (Å²) in [6.07, 6.45) is 39.7. The van der Waals surface area contributed by atoms with Gasteiger partial charge in [-0.25, -0.2) is 4.79 Å². The molecule has 3 rings (SSSR count). The van der Waals surface area contributed by atoms with Crippen LogP contribution in [0.15, 0.2) is 0 Å². The van der Waals surface area contributed by atoms with E-state index in [4.69, 9.17) is 28.4 Å². The van der Waals surface area contributed by atoms with E-state index in [1.807, 2.05) is 0 Å². The lowest BCUT2D eigenvalue weighted by Crippen LogP contribution is -2.70. The van der Waals surface area contributed by atoms with Crippen LogP contribution in [0.2, 0.25) is 0 Å². The van der Waals surface area contributed by atoms with Crippen molar-refractivity contribution in [3.8, 4) is 0 Å². The first kappa shape index (κ1) is 98.9. The zero-order valence-corrected chi connectivity index (χ0v) is 67.3. The highest BCUT2D eigenvalue weighted by molar-refractivity contribution is 5.77. The van der Waals surface area contributed by atoms with E-state index in [0.717, 1.165) is 51.9 Å². The number of aliphatic carboxylic acids is 1. The molecule has 14 N–H and O–H groups in total. The highest BCUT2D eigenvalue weighted by Gasteiger charge is 2.60. The van der Waals surface area contributed by atoms with Crippen LogP contribution in [-0.2, 0) is 42.8 Å². The Morgan fingerprint density at radius 3 is 1.17 bits per heavy atom. The van der Waals surface area contributed by atoms with E-state index in [1.54, 1.807) is 0 Å². The minimum atomic E-state index is -3.08. The molecule has 23 heteroatoms. The Kier molecular flexibility index (Phi) is 58.3. The molecule has 18 atom stereocenters. The van der Waals surface area contributed by atoms with E-state index in [1.165, 1.54) is 283 Å². The van der Waals surface area contributed by atoms with Crippen LogP contribution in [0.3, 0.4) is 0 Å². The highest BCUT2D eigenvalue weighted by Crippen LogP contribution is 2.39. The van der Waals surface area contributed by atoms with Gasteiger partial charge in [0.15, 0.2) is 12.6 Å². The fraction of sp³-hybridized carbons (Fsp3) is 0.964. The fourth-order valence-electron chi connectivity index (χ4n) is 15.7. The number of ether oxygens (including phenoxy) is 6. The molecule has 0 spiro atoms. The first-order valence-electron chi connectivity index (χ1n) is 43.9. The van der Waals surface area contributed by atoms with Crippen LogP contribution in [0, 0.1) is 0 Å². The summed E-state index contributed by atoms with van der Waals surface area (Å²) < 4.78 is 35.0. The summed E-state index contributed by atoms with van der Waals surface area (Å²) >= 11 is 0. The number of unbranched alkanes of at least 4 members (excludes halogenated alkanes) is 51. The van der Waals surface area contributed by atoms with Crippen LogP contribution in [0.4, 0.5) is 0 Å². The number of rotatable bonds is 71. The SMILES string of the molecule is CCCCCCCCCCCCCCCCCCCCCCCCCCCCCCCCCCCC(=O)NC(COC1OC(CO)C(OC2OC(CO)C(O)C(OC3(C(=O)O)CC(O)C(NC(C)=O)C(C(O)C(O)CO)O3)C2O)C(O)C1O)C(O)CCCCCCCCCCCCCCCCCCCCCC. The molecule has 0 aliphatic carbocycles. The number of amides is 2. The quantitative estimate of drug-likeness (QED) is 0.0252. The normalized spacial score (nSPS) is 25.9. The fourth-order valence-corrected chi connectivity index (χ4v) is 15.7. The monoisotopic (exact) mass is 1530 g/mol. The van der Waals surface area contributed by atoms with Gasteiger partial charge in [0.25, 0.3) is 5.79 Å². The predicted octanol–water partition coefficient (Wildman–Crippen LogP) is 13.1. The number of carbonyl (C=O) groups is 3. The molecule has 18 unspecified atom stereocenters. The maximum Gasteiger partial charge on any atom is 0.364 e. The number of carboxylic acid groups (broad SMARTS) is 1. The van der Waals surface area contributed by atoms with Crippen molar-refractivity contribution < 1.29 is 104 Å². The minimum absolute atomic E-state index is 0.230. The first-order valence-corrected chi connectivity index (χ1v) is 43.9. The molecule has 0 bridgehead atoms. The number of aliphatic hydroxyl groups excluding tert-OH is 11. The second-order valence-electron chi connectivity index (χ2n) is 32.1. The Labute approximate surface area is 646 Å². The maximum atomic E-state index is 13.6. The van der Waals surface area contributed by atoms with Gasteiger partial charge in [-0.15, -0.1) is 0 Å². The Balaban J connectivity index is 1.44. The van der Waals surface area contributed by atoms with E-state index in [0.29, 0.717) is 19.3 Å². The smallest absolute Gasteiger partial charge is 0.364 e. The van der Waals surface area contributed by atoms with E-state index in [-0.39, 0.29) is 18.9 Å². The Hall–Kier alpha value is -2.27. The lowest BCUT2D eigenvalue weighted by molar-refractivity contribution is -0.386. The third kappa shape index (κ3) is 42.6. The molecule has 3 aliphatic heterocycles. The second-order valence-corrected chi connectivity index (χ2v) is 32.1. The van der Waals surface area contributed by atoms with Crippen molar-refractivity contribution in [1.29, 1.82) is 0 Å². The number of nitrogens with one attached hydrogen (secondary N) is 2. The van der Waals surface area contributed by atoms with Crippen molar-refractivity contribution in [2.75, 3.05) is 26.4 Å². The largest absolute Gasteiger partial charge is 0.477 e. The molecular formula is C84H160N2O21. The van der Waals surface area contributed by atoms with Crippen LogP contribution in [-0.4, -0.2) is 215 Å². The summed E-state index contributed by atoms with van der Waals surface area (Å²) in [7, 11) is 0. The van der Waals surface area contributed by atoms with Gasteiger partial charge in [0, 0.05) is 19.8 Å². The molecule has 23 nitrogen and oxygen atoms in total. The van der Waals surface area contributed by atoms with Crippen LogP contribution in [0.25, 0.3) is 0 Å². The van der Waals surface area contributed by atoms with Crippen molar-refractivity contribution in [3.63, 3.8) is 0 Å². The number of carboxylic acids is 1. The van der Waals surface area contributed by atoms with Crippen LogP contribution in [0.5, 0.6) is 0 Å². The second kappa shape index (κ2) is 63.1. The molecule has 3 aliphatic rings. The average molecular weight is 1530 g/mol. The molecule has 0 aromatic heterocycles. The average Bonchev–Trinajstić information content (AvgIpc) is 0.753. The molecule has 3 heterocycles. The maximum absolute atomic E-state index is 13.6. The summed E-state index contributed by atoms with van der Waals surface area (Å²) in [5, 5.41) is 137. The Morgan fingerprint density at radius 2 is 0.813 bits per heavy atom. The number of carbonyl (C=O) groups excluding carboxylic acids is 2. The van der Waals surface area contributed by atoms with Gasteiger partial charge in [-0.3, -0.25) is 9.59 Å². The van der Waals surface area contributed by atoms with Crippen LogP contribution in [0.1, 0.15) is 380 Å². The van der Waals surface area contributed by atoms with Gasteiger partial charge in [0.2, 0.25) is 11.8 Å². The summed E-state index contributed by atoms with van der Waals surface area (Å²) in [5.41, 5.74) is 0. The van der Waals surface area contributed by atoms with Gasteiger partial charge in [-0.1, -0.05) is 348 Å². The van der Waals surface area contributed by atoms with E-state index in [2.05, 4.69) is 24.5 Å². The first-order chi connectivity index (χ1) is 51.9. The minimum Gasteiger partial charge on any atom is -0.477 e. The molecule has 0 aromatic rings. The van der Waals surface area contributed by atoms with Crippen molar-refractivity contribution in [2.24, 2.45) is 0 Å². The molecule has 3 saturated heterocycles. The van der Waals surface area contributed by atoms with Gasteiger partial charge in [-0.2, -0.15) is 0 Å². The molecule has 107 heavy (non-hydrogen) atoms. The molecule has 0 aromatic carbocycles. The molecule has 632 valence electrons. The standard InChI is InChI=1S/C84H160N2O21/c1-4-6-8-10-12-14-16-18-20-22-24-26-27-28-29-30-31-32-33-34-35-36-37-38-40-42-44-46-48-50-52-54-56-58-71(94)86-65(66(91)57-55-53-51-49-47-45-43-41-39-25-23-21-19-17-15-13-11-9-7-5-2)63-102-81-76(98)75(97)78(70(62-89)104-81)105-82-77(99)80(74(96)69(61-88)103-82)107-84(83(100)101)59-67(92)72(85-64(3)90)79(106-84)73(95)68(93)60-87/h65-70,72-82,87-89,91-93,95-99H,4-63H2,1-3H3,(H,85,90)(H,86,94)(H,100,101). The van der Waals surface area contributed by atoms with Gasteiger partial charge in [0.1, 0.15) is 67.1 Å².